The molecule has 106 valence electrons. The lowest BCUT2D eigenvalue weighted by Gasteiger charge is -2.22. The summed E-state index contributed by atoms with van der Waals surface area (Å²) < 4.78 is 0. The van der Waals surface area contributed by atoms with Crippen molar-refractivity contribution in [2.24, 2.45) is 22.2 Å². The van der Waals surface area contributed by atoms with Gasteiger partial charge in [-0.2, -0.15) is 11.8 Å². The van der Waals surface area contributed by atoms with E-state index in [1.165, 1.54) is 17.9 Å². The third-order valence-electron chi connectivity index (χ3n) is 3.66. The molecule has 0 aromatic heterocycles. The Bertz CT molecular complexity index is 263. The predicted molar refractivity (Wildman–Crippen MR) is 79.3 cm³/mol. The second-order valence-electron chi connectivity index (χ2n) is 5.76. The maximum Gasteiger partial charge on any atom is 0.144 e. The molecule has 0 aromatic rings. The molecule has 1 atom stereocenters. The number of hydrogen-bond donors (Lipinski definition) is 3. The number of nitrogens with two attached hydrogens (primary N) is 1. The third kappa shape index (κ3) is 5.48. The molecule has 1 aliphatic heterocycles. The van der Waals surface area contributed by atoms with E-state index in [9.17, 15) is 0 Å². The third-order valence-corrected chi connectivity index (χ3v) is 4.89. The van der Waals surface area contributed by atoms with Crippen LogP contribution in [-0.4, -0.2) is 35.6 Å². The zero-order valence-corrected chi connectivity index (χ0v) is 12.4. The van der Waals surface area contributed by atoms with E-state index in [-0.39, 0.29) is 5.41 Å². The number of rotatable bonds is 8. The highest BCUT2D eigenvalue weighted by Crippen LogP contribution is 2.24. The van der Waals surface area contributed by atoms with Crippen LogP contribution in [0.2, 0.25) is 0 Å². The lowest BCUT2D eigenvalue weighted by atomic mass is 9.86. The molecule has 0 saturated carbocycles. The Balaban J connectivity index is 2.01. The highest BCUT2D eigenvalue weighted by molar-refractivity contribution is 7.99. The Kier molecular flexibility index (Phi) is 6.86. The number of hydrogen-bond acceptors (Lipinski definition) is 4. The second-order valence-corrected chi connectivity index (χ2v) is 6.91. The zero-order chi connectivity index (χ0) is 13.4. The van der Waals surface area contributed by atoms with Gasteiger partial charge in [0.2, 0.25) is 0 Å². The van der Waals surface area contributed by atoms with E-state index in [4.69, 9.17) is 10.9 Å². The summed E-state index contributed by atoms with van der Waals surface area (Å²) >= 11 is 2.07. The van der Waals surface area contributed by atoms with E-state index in [0.29, 0.717) is 5.84 Å². The van der Waals surface area contributed by atoms with Gasteiger partial charge in [0.25, 0.3) is 0 Å². The molecule has 1 unspecified atom stereocenters. The van der Waals surface area contributed by atoms with Gasteiger partial charge in [-0.05, 0) is 49.8 Å². The molecule has 4 N–H and O–H groups in total. The first-order chi connectivity index (χ1) is 8.56. The first kappa shape index (κ1) is 15.6. The number of unbranched alkanes of at least 4 members (excludes halogenated alkanes) is 1. The Labute approximate surface area is 115 Å². The van der Waals surface area contributed by atoms with Crippen LogP contribution in [0.25, 0.3) is 0 Å². The molecule has 0 aromatic carbocycles. The molecule has 0 spiro atoms. The standard InChI is InChI=1S/C13H27N3OS/c1-13(2,12(14)16-17)6-3-4-7-15-9-11-5-8-18-10-11/h11,15,17H,3-10H2,1-2H3,(H2,14,16). The van der Waals surface area contributed by atoms with Crippen molar-refractivity contribution >= 4 is 17.6 Å². The topological polar surface area (TPSA) is 70.6 Å². The molecular weight excluding hydrogens is 246 g/mol. The fraction of sp³-hybridized carbons (Fsp3) is 0.923. The van der Waals surface area contributed by atoms with Crippen molar-refractivity contribution in [2.75, 3.05) is 24.6 Å². The van der Waals surface area contributed by atoms with Gasteiger partial charge in [-0.15, -0.1) is 0 Å². The van der Waals surface area contributed by atoms with Crippen LogP contribution in [0.3, 0.4) is 0 Å². The van der Waals surface area contributed by atoms with E-state index in [0.717, 1.165) is 38.3 Å². The summed E-state index contributed by atoms with van der Waals surface area (Å²) in [6.45, 7) is 6.28. The van der Waals surface area contributed by atoms with Gasteiger partial charge in [-0.1, -0.05) is 25.4 Å². The molecule has 1 fully saturated rings. The number of thioether (sulfide) groups is 1. The van der Waals surface area contributed by atoms with E-state index >= 15 is 0 Å². The van der Waals surface area contributed by atoms with Crippen molar-refractivity contribution in [2.45, 2.75) is 39.5 Å². The molecule has 5 heteroatoms. The van der Waals surface area contributed by atoms with E-state index in [1.807, 2.05) is 13.8 Å². The molecule has 0 bridgehead atoms. The molecule has 0 amide bonds. The van der Waals surface area contributed by atoms with Crippen LogP contribution in [0.1, 0.15) is 39.5 Å². The molecule has 1 aliphatic rings. The summed E-state index contributed by atoms with van der Waals surface area (Å²) in [5, 5.41) is 15.3. The largest absolute Gasteiger partial charge is 0.409 e. The number of oxime groups is 1. The van der Waals surface area contributed by atoms with Crippen LogP contribution in [0.4, 0.5) is 0 Å². The minimum atomic E-state index is -0.198. The van der Waals surface area contributed by atoms with Gasteiger partial charge in [0.1, 0.15) is 5.84 Å². The molecular formula is C13H27N3OS. The quantitative estimate of drug-likeness (QED) is 0.209. The lowest BCUT2D eigenvalue weighted by molar-refractivity contribution is 0.304. The zero-order valence-electron chi connectivity index (χ0n) is 11.6. The Morgan fingerprint density at radius 1 is 1.50 bits per heavy atom. The predicted octanol–water partition coefficient (Wildman–Crippen LogP) is 2.27. The van der Waals surface area contributed by atoms with Gasteiger partial charge >= 0.3 is 0 Å². The summed E-state index contributed by atoms with van der Waals surface area (Å²) in [6, 6.07) is 0. The number of amidine groups is 1. The maximum atomic E-state index is 8.68. The van der Waals surface area contributed by atoms with Crippen LogP contribution in [0.15, 0.2) is 5.16 Å². The summed E-state index contributed by atoms with van der Waals surface area (Å²) in [5.41, 5.74) is 5.46. The minimum Gasteiger partial charge on any atom is -0.409 e. The van der Waals surface area contributed by atoms with Crippen molar-refractivity contribution < 1.29 is 5.21 Å². The van der Waals surface area contributed by atoms with Crippen molar-refractivity contribution in [3.05, 3.63) is 0 Å². The molecule has 1 rings (SSSR count). The van der Waals surface area contributed by atoms with Gasteiger partial charge in [-0.25, -0.2) is 0 Å². The smallest absolute Gasteiger partial charge is 0.144 e. The fourth-order valence-corrected chi connectivity index (χ4v) is 3.42. The van der Waals surface area contributed by atoms with Crippen LogP contribution < -0.4 is 11.1 Å². The molecule has 18 heavy (non-hydrogen) atoms. The van der Waals surface area contributed by atoms with Gasteiger partial charge in [0.05, 0.1) is 0 Å². The normalized spacial score (nSPS) is 21.4. The summed E-state index contributed by atoms with van der Waals surface area (Å²) in [7, 11) is 0. The molecule has 1 saturated heterocycles. The summed E-state index contributed by atoms with van der Waals surface area (Å²) in [6.07, 6.45) is 4.59. The van der Waals surface area contributed by atoms with E-state index in [1.54, 1.807) is 0 Å². The Hall–Kier alpha value is -0.420. The van der Waals surface area contributed by atoms with Crippen molar-refractivity contribution in [3.63, 3.8) is 0 Å². The first-order valence-corrected chi connectivity index (χ1v) is 7.98. The SMILES string of the molecule is CC(C)(CCCCNCC1CCSC1)C(N)=NO. The molecule has 0 radical (unpaired) electrons. The van der Waals surface area contributed by atoms with Gasteiger partial charge < -0.3 is 16.3 Å². The average Bonchev–Trinajstić information content (AvgIpc) is 2.85. The maximum absolute atomic E-state index is 8.68. The van der Waals surface area contributed by atoms with Gasteiger partial charge in [-0.3, -0.25) is 0 Å². The number of nitrogens with one attached hydrogen (secondary N) is 1. The average molecular weight is 273 g/mol. The van der Waals surface area contributed by atoms with E-state index < -0.39 is 0 Å². The first-order valence-electron chi connectivity index (χ1n) is 6.83. The molecule has 1 heterocycles. The summed E-state index contributed by atoms with van der Waals surface area (Å²) in [4.78, 5) is 0. The Morgan fingerprint density at radius 2 is 2.28 bits per heavy atom. The fourth-order valence-electron chi connectivity index (χ4n) is 2.13. The van der Waals surface area contributed by atoms with Crippen LogP contribution >= 0.6 is 11.8 Å². The molecule has 0 aliphatic carbocycles. The number of nitrogens with zero attached hydrogens (tertiary/aromatic N) is 1. The van der Waals surface area contributed by atoms with Gasteiger partial charge in [0.15, 0.2) is 0 Å². The van der Waals surface area contributed by atoms with Crippen LogP contribution in [-0.2, 0) is 0 Å². The Morgan fingerprint density at radius 3 is 2.89 bits per heavy atom. The summed E-state index contributed by atoms with van der Waals surface area (Å²) in [5.74, 6) is 3.87. The molecule has 4 nitrogen and oxygen atoms in total. The highest BCUT2D eigenvalue weighted by atomic mass is 32.2. The van der Waals surface area contributed by atoms with Crippen molar-refractivity contribution in [3.8, 4) is 0 Å². The van der Waals surface area contributed by atoms with Crippen molar-refractivity contribution in [1.29, 1.82) is 0 Å². The lowest BCUT2D eigenvalue weighted by Crippen LogP contribution is -2.32. The monoisotopic (exact) mass is 273 g/mol. The van der Waals surface area contributed by atoms with Crippen LogP contribution in [0.5, 0.6) is 0 Å². The second kappa shape index (κ2) is 7.89. The highest BCUT2D eigenvalue weighted by Gasteiger charge is 2.22. The van der Waals surface area contributed by atoms with Gasteiger partial charge in [0, 0.05) is 5.41 Å². The minimum absolute atomic E-state index is 0.198. The van der Waals surface area contributed by atoms with Crippen molar-refractivity contribution in [1.82, 2.24) is 5.32 Å². The van der Waals surface area contributed by atoms with Crippen LogP contribution in [0, 0.1) is 11.3 Å². The van der Waals surface area contributed by atoms with E-state index in [2.05, 4.69) is 22.2 Å².